The van der Waals surface area contributed by atoms with Crippen LogP contribution in [0.1, 0.15) is 24.8 Å². The molecular formula is C22H25N3O. The van der Waals surface area contributed by atoms with Gasteiger partial charge in [-0.25, -0.2) is 0 Å². The number of hydrogen-bond donors (Lipinski definition) is 0. The molecule has 4 heteroatoms. The van der Waals surface area contributed by atoms with E-state index in [0.717, 1.165) is 28.6 Å². The number of piperidine rings is 1. The number of aromatic nitrogens is 2. The molecule has 0 unspecified atom stereocenters. The predicted octanol–water partition coefficient (Wildman–Crippen LogP) is 4.47. The zero-order valence-electron chi connectivity index (χ0n) is 15.3. The van der Waals surface area contributed by atoms with Gasteiger partial charge in [0.15, 0.2) is 0 Å². The van der Waals surface area contributed by atoms with Crippen LogP contribution in [0.5, 0.6) is 5.88 Å². The first kappa shape index (κ1) is 17.0. The molecule has 134 valence electrons. The molecule has 4 nitrogen and oxygen atoms in total. The lowest BCUT2D eigenvalue weighted by Gasteiger charge is -2.26. The first-order valence-electron chi connectivity index (χ1n) is 9.49. The average molecular weight is 347 g/mol. The van der Waals surface area contributed by atoms with E-state index in [1.165, 1.54) is 37.9 Å². The summed E-state index contributed by atoms with van der Waals surface area (Å²) in [6.45, 7) is 6.06. The highest BCUT2D eigenvalue weighted by atomic mass is 16.5. The van der Waals surface area contributed by atoms with Gasteiger partial charge in [-0.2, -0.15) is 0 Å². The molecule has 0 atom stereocenters. The number of nitrogens with zero attached hydrogens (tertiary/aromatic N) is 3. The van der Waals surface area contributed by atoms with Crippen molar-refractivity contribution >= 4 is 10.8 Å². The molecule has 3 aromatic rings. The summed E-state index contributed by atoms with van der Waals surface area (Å²) in [4.78, 5) is 2.47. The highest BCUT2D eigenvalue weighted by Gasteiger charge is 2.13. The van der Waals surface area contributed by atoms with Gasteiger partial charge in [0.1, 0.15) is 12.3 Å². The lowest BCUT2D eigenvalue weighted by Crippen LogP contribution is -2.33. The number of fused-ring (bicyclic) bond motifs is 1. The van der Waals surface area contributed by atoms with Crippen molar-refractivity contribution in [2.24, 2.45) is 0 Å². The molecule has 4 rings (SSSR count). The maximum atomic E-state index is 6.02. The Morgan fingerprint density at radius 2 is 1.62 bits per heavy atom. The van der Waals surface area contributed by atoms with E-state index < -0.39 is 0 Å². The van der Waals surface area contributed by atoms with Crippen molar-refractivity contribution < 1.29 is 4.74 Å². The SMILES string of the molecule is Cc1ccc(-c2nnc(OCCN3CCCCC3)c3ccccc23)cc1. The Hall–Kier alpha value is -2.46. The number of benzene rings is 2. The Labute approximate surface area is 154 Å². The molecule has 2 aromatic carbocycles. The molecule has 1 aromatic heterocycles. The Balaban J connectivity index is 1.56. The van der Waals surface area contributed by atoms with Crippen LogP contribution in [0, 0.1) is 6.92 Å². The molecule has 0 bridgehead atoms. The monoisotopic (exact) mass is 347 g/mol. The van der Waals surface area contributed by atoms with Crippen molar-refractivity contribution in [2.75, 3.05) is 26.2 Å². The molecule has 26 heavy (non-hydrogen) atoms. The van der Waals surface area contributed by atoms with E-state index in [9.17, 15) is 0 Å². The third-order valence-corrected chi connectivity index (χ3v) is 5.07. The molecule has 2 heterocycles. The van der Waals surface area contributed by atoms with Gasteiger partial charge in [-0.3, -0.25) is 4.90 Å². The van der Waals surface area contributed by atoms with Gasteiger partial charge in [-0.05, 0) is 38.9 Å². The van der Waals surface area contributed by atoms with Crippen LogP contribution in [0.4, 0.5) is 0 Å². The van der Waals surface area contributed by atoms with Crippen molar-refractivity contribution in [2.45, 2.75) is 26.2 Å². The molecule has 0 N–H and O–H groups in total. The lowest BCUT2D eigenvalue weighted by molar-refractivity contribution is 0.181. The second-order valence-corrected chi connectivity index (χ2v) is 7.02. The van der Waals surface area contributed by atoms with Crippen LogP contribution in [-0.2, 0) is 0 Å². The van der Waals surface area contributed by atoms with Gasteiger partial charge in [0.05, 0.1) is 0 Å². The minimum Gasteiger partial charge on any atom is -0.475 e. The molecule has 0 aliphatic carbocycles. The molecule has 1 fully saturated rings. The summed E-state index contributed by atoms with van der Waals surface area (Å²) in [5, 5.41) is 11.0. The minimum atomic E-state index is 0.633. The Morgan fingerprint density at radius 1 is 0.885 bits per heavy atom. The fraction of sp³-hybridized carbons (Fsp3) is 0.364. The van der Waals surface area contributed by atoms with Crippen molar-refractivity contribution in [3.05, 3.63) is 54.1 Å². The summed E-state index contributed by atoms with van der Waals surface area (Å²) >= 11 is 0. The summed E-state index contributed by atoms with van der Waals surface area (Å²) in [6.07, 6.45) is 3.95. The average Bonchev–Trinajstić information content (AvgIpc) is 2.70. The van der Waals surface area contributed by atoms with E-state index in [2.05, 4.69) is 58.4 Å². The fourth-order valence-electron chi connectivity index (χ4n) is 3.56. The quantitative estimate of drug-likeness (QED) is 0.682. The van der Waals surface area contributed by atoms with Crippen LogP contribution in [0.3, 0.4) is 0 Å². The van der Waals surface area contributed by atoms with Crippen LogP contribution in [0.15, 0.2) is 48.5 Å². The number of hydrogen-bond acceptors (Lipinski definition) is 4. The van der Waals surface area contributed by atoms with Gasteiger partial charge in [-0.15, -0.1) is 10.2 Å². The van der Waals surface area contributed by atoms with Crippen LogP contribution in [-0.4, -0.2) is 41.3 Å². The summed E-state index contributed by atoms with van der Waals surface area (Å²) in [6, 6.07) is 16.6. The Morgan fingerprint density at radius 3 is 2.38 bits per heavy atom. The maximum absolute atomic E-state index is 6.02. The normalized spacial score (nSPS) is 15.3. The van der Waals surface area contributed by atoms with Crippen molar-refractivity contribution in [3.63, 3.8) is 0 Å². The maximum Gasteiger partial charge on any atom is 0.241 e. The predicted molar refractivity (Wildman–Crippen MR) is 105 cm³/mol. The van der Waals surface area contributed by atoms with E-state index in [0.29, 0.717) is 12.5 Å². The molecule has 0 radical (unpaired) electrons. The first-order valence-corrected chi connectivity index (χ1v) is 9.49. The zero-order valence-corrected chi connectivity index (χ0v) is 15.3. The van der Waals surface area contributed by atoms with Crippen molar-refractivity contribution in [1.29, 1.82) is 0 Å². The number of likely N-dealkylation sites (tertiary alicyclic amines) is 1. The largest absolute Gasteiger partial charge is 0.475 e. The van der Waals surface area contributed by atoms with Crippen LogP contribution < -0.4 is 4.74 Å². The summed E-state index contributed by atoms with van der Waals surface area (Å²) in [7, 11) is 0. The van der Waals surface area contributed by atoms with E-state index in [-0.39, 0.29) is 0 Å². The third-order valence-electron chi connectivity index (χ3n) is 5.07. The summed E-state index contributed by atoms with van der Waals surface area (Å²) in [5.41, 5.74) is 3.23. The molecule has 0 spiro atoms. The van der Waals surface area contributed by atoms with E-state index in [1.807, 2.05) is 12.1 Å². The standard InChI is InChI=1S/C22H25N3O/c1-17-9-11-18(12-10-17)21-19-7-3-4-8-20(19)22(24-23-21)26-16-15-25-13-5-2-6-14-25/h3-4,7-12H,2,5-6,13-16H2,1H3. The third kappa shape index (κ3) is 3.70. The fourth-order valence-corrected chi connectivity index (χ4v) is 3.56. The molecular weight excluding hydrogens is 322 g/mol. The van der Waals surface area contributed by atoms with Crippen LogP contribution >= 0.6 is 0 Å². The van der Waals surface area contributed by atoms with Crippen molar-refractivity contribution in [3.8, 4) is 17.1 Å². The molecule has 1 aliphatic rings. The number of rotatable bonds is 5. The van der Waals surface area contributed by atoms with Gasteiger partial charge in [0.25, 0.3) is 0 Å². The number of aryl methyl sites for hydroxylation is 1. The number of ether oxygens (including phenoxy) is 1. The van der Waals surface area contributed by atoms with Gasteiger partial charge in [-0.1, -0.05) is 54.4 Å². The molecule has 1 aliphatic heterocycles. The van der Waals surface area contributed by atoms with E-state index in [1.54, 1.807) is 0 Å². The minimum absolute atomic E-state index is 0.633. The van der Waals surface area contributed by atoms with E-state index >= 15 is 0 Å². The van der Waals surface area contributed by atoms with Crippen molar-refractivity contribution in [1.82, 2.24) is 15.1 Å². The topological polar surface area (TPSA) is 38.3 Å². The van der Waals surface area contributed by atoms with E-state index in [4.69, 9.17) is 4.74 Å². The first-order chi connectivity index (χ1) is 12.8. The van der Waals surface area contributed by atoms with Gasteiger partial charge < -0.3 is 4.74 Å². The molecule has 0 saturated carbocycles. The lowest BCUT2D eigenvalue weighted by atomic mass is 10.0. The van der Waals surface area contributed by atoms with Gasteiger partial charge in [0.2, 0.25) is 5.88 Å². The second kappa shape index (κ2) is 7.83. The van der Waals surface area contributed by atoms with Gasteiger partial charge in [0, 0.05) is 22.9 Å². The highest BCUT2D eigenvalue weighted by molar-refractivity contribution is 5.96. The molecule has 1 saturated heterocycles. The highest BCUT2D eigenvalue weighted by Crippen LogP contribution is 2.30. The summed E-state index contributed by atoms with van der Waals surface area (Å²) < 4.78 is 6.02. The Kier molecular flexibility index (Phi) is 5.12. The second-order valence-electron chi connectivity index (χ2n) is 7.02. The van der Waals surface area contributed by atoms with Crippen LogP contribution in [0.2, 0.25) is 0 Å². The Bertz CT molecular complexity index is 870. The van der Waals surface area contributed by atoms with Gasteiger partial charge >= 0.3 is 0 Å². The molecule has 0 amide bonds. The zero-order chi connectivity index (χ0) is 17.8. The smallest absolute Gasteiger partial charge is 0.241 e. The van der Waals surface area contributed by atoms with Crippen LogP contribution in [0.25, 0.3) is 22.0 Å². The summed E-state index contributed by atoms with van der Waals surface area (Å²) in [5.74, 6) is 0.633.